The van der Waals surface area contributed by atoms with Crippen molar-refractivity contribution in [1.82, 2.24) is 25.0 Å². The number of hydrazine groups is 3. The fourth-order valence-corrected chi connectivity index (χ4v) is 2.21. The molecule has 0 radical (unpaired) electrons. The molecule has 0 saturated carbocycles. The summed E-state index contributed by atoms with van der Waals surface area (Å²) in [6, 6.07) is 0. The van der Waals surface area contributed by atoms with Gasteiger partial charge in [0.05, 0.1) is 0 Å². The molecular weight excluding hydrogens is 198 g/mol. The Hall–Kier alpha value is -0.430. The smallest absolute Gasteiger partial charge is 0.136 e. The number of hydrogen-bond acceptors (Lipinski definition) is 6. The summed E-state index contributed by atoms with van der Waals surface area (Å²) in [6.45, 7) is 5.13. The van der Waals surface area contributed by atoms with E-state index in [4.69, 9.17) is 0 Å². The second kappa shape index (κ2) is 3.98. The maximum atomic E-state index is 3.31. The fourth-order valence-electron chi connectivity index (χ4n) is 1.67. The molecule has 0 spiro atoms. The Morgan fingerprint density at radius 1 is 1.57 bits per heavy atom. The average Bonchev–Trinajstić information content (AvgIpc) is 2.55. The van der Waals surface area contributed by atoms with Gasteiger partial charge in [0, 0.05) is 20.1 Å². The van der Waals surface area contributed by atoms with E-state index in [1.54, 1.807) is 11.9 Å². The number of hydrogen-bond donors (Lipinski definition) is 1. The highest BCUT2D eigenvalue weighted by Gasteiger charge is 2.33. The van der Waals surface area contributed by atoms with E-state index in [1.807, 2.05) is 7.05 Å². The van der Waals surface area contributed by atoms with Crippen LogP contribution in [0, 0.1) is 0 Å². The first kappa shape index (κ1) is 10.1. The molecule has 5 nitrogen and oxygen atoms in total. The first-order valence-electron chi connectivity index (χ1n) is 4.80. The lowest BCUT2D eigenvalue weighted by Crippen LogP contribution is -2.53. The highest BCUT2D eigenvalue weighted by atomic mass is 32.2. The molecule has 1 saturated heterocycles. The Morgan fingerprint density at radius 2 is 2.36 bits per heavy atom. The largest absolute Gasteiger partial charge is 0.341 e. The molecule has 0 aromatic carbocycles. The van der Waals surface area contributed by atoms with Gasteiger partial charge in [-0.05, 0) is 19.3 Å². The van der Waals surface area contributed by atoms with Crippen molar-refractivity contribution in [3.05, 3.63) is 11.9 Å². The van der Waals surface area contributed by atoms with Gasteiger partial charge in [-0.2, -0.15) is 5.12 Å². The zero-order chi connectivity index (χ0) is 10.1. The van der Waals surface area contributed by atoms with Crippen molar-refractivity contribution in [3.63, 3.8) is 0 Å². The van der Waals surface area contributed by atoms with Gasteiger partial charge in [-0.15, -0.1) is 9.95 Å². The van der Waals surface area contributed by atoms with Gasteiger partial charge in [0.1, 0.15) is 12.5 Å². The van der Waals surface area contributed by atoms with Gasteiger partial charge in [-0.25, -0.2) is 5.01 Å². The molecule has 2 aliphatic heterocycles. The van der Waals surface area contributed by atoms with Crippen LogP contribution in [0.2, 0.25) is 0 Å². The van der Waals surface area contributed by atoms with Gasteiger partial charge in [0.2, 0.25) is 0 Å². The van der Waals surface area contributed by atoms with Crippen LogP contribution in [0.25, 0.3) is 0 Å². The summed E-state index contributed by atoms with van der Waals surface area (Å²) in [5.74, 6) is 1.26. The summed E-state index contributed by atoms with van der Waals surface area (Å²) < 4.78 is 2.20. The third-order valence-corrected chi connectivity index (χ3v) is 3.16. The topological polar surface area (TPSA) is 25.0 Å². The number of fused-ring (bicyclic) bond motifs is 1. The molecule has 14 heavy (non-hydrogen) atoms. The number of rotatable bonds is 2. The van der Waals surface area contributed by atoms with Crippen molar-refractivity contribution in [2.75, 3.05) is 33.1 Å². The van der Waals surface area contributed by atoms with E-state index in [2.05, 4.69) is 44.2 Å². The molecular formula is C8H17N5S. The molecule has 0 amide bonds. The lowest BCUT2D eigenvalue weighted by molar-refractivity contribution is -0.0164. The fraction of sp³-hybridized carbons (Fsp3) is 0.750. The minimum Gasteiger partial charge on any atom is -0.341 e. The summed E-state index contributed by atoms with van der Waals surface area (Å²) >= 11 is 1.73. The predicted octanol–water partition coefficient (Wildman–Crippen LogP) is 0.283. The maximum absolute atomic E-state index is 3.31. The van der Waals surface area contributed by atoms with Crippen LogP contribution in [0.1, 0.15) is 6.92 Å². The quantitative estimate of drug-likeness (QED) is 0.665. The molecule has 0 aromatic heterocycles. The Kier molecular flexibility index (Phi) is 2.87. The second-order valence-electron chi connectivity index (χ2n) is 3.39. The van der Waals surface area contributed by atoms with E-state index < -0.39 is 0 Å². The van der Waals surface area contributed by atoms with Crippen LogP contribution in [0.5, 0.6) is 0 Å². The van der Waals surface area contributed by atoms with Crippen molar-refractivity contribution < 1.29 is 0 Å². The van der Waals surface area contributed by atoms with Gasteiger partial charge >= 0.3 is 0 Å². The summed E-state index contributed by atoms with van der Waals surface area (Å²) in [5.41, 5.74) is 3.31. The zero-order valence-electron chi connectivity index (χ0n) is 8.90. The molecule has 0 bridgehead atoms. The Morgan fingerprint density at radius 3 is 3.00 bits per heavy atom. The van der Waals surface area contributed by atoms with Crippen molar-refractivity contribution in [3.8, 4) is 0 Å². The monoisotopic (exact) mass is 215 g/mol. The molecule has 0 aliphatic carbocycles. The molecule has 80 valence electrons. The van der Waals surface area contributed by atoms with Crippen molar-refractivity contribution in [2.45, 2.75) is 6.92 Å². The standard InChI is InChI=1S/C8H17N5S/c1-4-11-7-12(14-3)13-8(11)5-6-10(2)9-13/h5,9H,4,6-7H2,1-3H3. The van der Waals surface area contributed by atoms with Gasteiger partial charge < -0.3 is 4.90 Å². The van der Waals surface area contributed by atoms with Crippen LogP contribution >= 0.6 is 11.9 Å². The molecule has 0 atom stereocenters. The summed E-state index contributed by atoms with van der Waals surface area (Å²) in [7, 11) is 2.04. The molecule has 0 unspecified atom stereocenters. The SMILES string of the molecule is CCN1CN(SC)N2NN(C)CC=C12. The molecule has 2 heterocycles. The normalized spacial score (nSPS) is 24.1. The highest BCUT2D eigenvalue weighted by Crippen LogP contribution is 2.27. The van der Waals surface area contributed by atoms with Crippen LogP contribution in [0.4, 0.5) is 0 Å². The third kappa shape index (κ3) is 1.58. The van der Waals surface area contributed by atoms with E-state index in [0.29, 0.717) is 0 Å². The number of nitrogens with zero attached hydrogens (tertiary/aromatic N) is 4. The van der Waals surface area contributed by atoms with Gasteiger partial charge in [-0.3, -0.25) is 0 Å². The van der Waals surface area contributed by atoms with E-state index in [9.17, 15) is 0 Å². The van der Waals surface area contributed by atoms with Gasteiger partial charge in [0.25, 0.3) is 0 Å². The molecule has 6 heteroatoms. The summed E-state index contributed by atoms with van der Waals surface area (Å²) in [6.07, 6.45) is 4.34. The van der Waals surface area contributed by atoms with Crippen molar-refractivity contribution in [1.29, 1.82) is 0 Å². The van der Waals surface area contributed by atoms with Crippen LogP contribution in [0.15, 0.2) is 11.9 Å². The Balaban J connectivity index is 2.18. The van der Waals surface area contributed by atoms with E-state index in [-0.39, 0.29) is 0 Å². The second-order valence-corrected chi connectivity index (χ2v) is 4.17. The van der Waals surface area contributed by atoms with Crippen LogP contribution < -0.4 is 5.53 Å². The minimum absolute atomic E-state index is 0.949. The summed E-state index contributed by atoms with van der Waals surface area (Å²) in [4.78, 5) is 2.34. The predicted molar refractivity (Wildman–Crippen MR) is 58.3 cm³/mol. The molecule has 2 aliphatic rings. The molecule has 1 fully saturated rings. The molecule has 0 aromatic rings. The lowest BCUT2D eigenvalue weighted by Gasteiger charge is -2.34. The van der Waals surface area contributed by atoms with Crippen molar-refractivity contribution in [2.24, 2.45) is 0 Å². The first-order valence-corrected chi connectivity index (χ1v) is 5.98. The average molecular weight is 215 g/mol. The Labute approximate surface area is 89.4 Å². The van der Waals surface area contributed by atoms with Gasteiger partial charge in [0.15, 0.2) is 0 Å². The van der Waals surface area contributed by atoms with Crippen molar-refractivity contribution >= 4 is 11.9 Å². The summed E-state index contributed by atoms with van der Waals surface area (Å²) in [5, 5.41) is 4.16. The first-order chi connectivity index (χ1) is 6.76. The lowest BCUT2D eigenvalue weighted by atomic mass is 10.4. The Bertz CT molecular complexity index is 244. The minimum atomic E-state index is 0.949. The van der Waals surface area contributed by atoms with E-state index in [1.165, 1.54) is 5.82 Å². The maximum Gasteiger partial charge on any atom is 0.136 e. The zero-order valence-corrected chi connectivity index (χ0v) is 9.71. The van der Waals surface area contributed by atoms with E-state index in [0.717, 1.165) is 19.8 Å². The van der Waals surface area contributed by atoms with Gasteiger partial charge in [-0.1, -0.05) is 11.9 Å². The van der Waals surface area contributed by atoms with Crippen LogP contribution in [-0.2, 0) is 0 Å². The molecule has 2 rings (SSSR count). The van der Waals surface area contributed by atoms with Crippen LogP contribution in [0.3, 0.4) is 0 Å². The van der Waals surface area contributed by atoms with Crippen LogP contribution in [-0.4, -0.2) is 52.5 Å². The molecule has 1 N–H and O–H groups in total. The third-order valence-electron chi connectivity index (χ3n) is 2.46. The highest BCUT2D eigenvalue weighted by molar-refractivity contribution is 7.96. The number of likely N-dealkylation sites (N-methyl/N-ethyl adjacent to an activating group) is 1. The van der Waals surface area contributed by atoms with E-state index >= 15 is 0 Å². The number of nitrogens with one attached hydrogen (secondary N) is 1.